The molecule has 0 aliphatic heterocycles. The Balaban J connectivity index is 1.46. The number of carbonyl (C=O) groups excluding carboxylic acids is 1. The summed E-state index contributed by atoms with van der Waals surface area (Å²) in [6.07, 6.45) is 5.05. The van der Waals surface area contributed by atoms with Gasteiger partial charge in [0.05, 0.1) is 12.6 Å². The molecule has 4 aromatic rings. The average Bonchev–Trinajstić information content (AvgIpc) is 3.13. The number of hydrogen-bond donors (Lipinski definition) is 1. The summed E-state index contributed by atoms with van der Waals surface area (Å²) in [4.78, 5) is 12.3. The molecule has 1 N–H and O–H groups in total. The molecular formula is C26H24ClN3O. The van der Waals surface area contributed by atoms with Crippen LogP contribution in [0.2, 0.25) is 5.02 Å². The summed E-state index contributed by atoms with van der Waals surface area (Å²) in [5.41, 5.74) is 8.11. The van der Waals surface area contributed by atoms with Gasteiger partial charge in [0, 0.05) is 34.2 Å². The number of rotatable bonds is 7. The highest BCUT2D eigenvalue weighted by molar-refractivity contribution is 6.30. The Bertz CT molecular complexity index is 1210. The predicted molar refractivity (Wildman–Crippen MR) is 128 cm³/mol. The molecule has 0 radical (unpaired) electrons. The normalized spacial score (nSPS) is 11.3. The van der Waals surface area contributed by atoms with E-state index in [4.69, 9.17) is 11.6 Å². The predicted octanol–water partition coefficient (Wildman–Crippen LogP) is 5.60. The molecule has 3 aromatic carbocycles. The number of hydrogen-bond acceptors (Lipinski definition) is 2. The standard InChI is InChI=1S/C26H24ClN3O/c1-2-19-7-9-20(10-8-19)15-26(31)29-28-16-22-18-30(25-6-4-3-5-24(22)25)17-21-11-13-23(27)14-12-21/h3-14,16,18H,2,15,17H2,1H3,(H,29,31)/b28-16-. The molecule has 1 heterocycles. The lowest BCUT2D eigenvalue weighted by Gasteiger charge is -2.05. The van der Waals surface area contributed by atoms with Crippen molar-refractivity contribution in [3.63, 3.8) is 0 Å². The van der Waals surface area contributed by atoms with Crippen molar-refractivity contribution < 1.29 is 4.79 Å². The lowest BCUT2D eigenvalue weighted by molar-refractivity contribution is -0.120. The minimum Gasteiger partial charge on any atom is -0.342 e. The van der Waals surface area contributed by atoms with Crippen LogP contribution in [0.1, 0.15) is 29.2 Å². The Morgan fingerprint density at radius 1 is 0.968 bits per heavy atom. The molecule has 0 atom stereocenters. The van der Waals surface area contributed by atoms with Crippen molar-refractivity contribution in [1.82, 2.24) is 9.99 Å². The molecule has 0 aliphatic carbocycles. The summed E-state index contributed by atoms with van der Waals surface area (Å²) in [5, 5.41) is 6.01. The number of para-hydroxylation sites is 1. The van der Waals surface area contributed by atoms with Crippen LogP contribution in [0.15, 0.2) is 84.1 Å². The fourth-order valence-electron chi connectivity index (χ4n) is 3.59. The number of nitrogens with one attached hydrogen (secondary N) is 1. The van der Waals surface area contributed by atoms with Crippen molar-refractivity contribution in [1.29, 1.82) is 0 Å². The number of carbonyl (C=O) groups is 1. The van der Waals surface area contributed by atoms with E-state index in [1.807, 2.05) is 48.5 Å². The highest BCUT2D eigenvalue weighted by atomic mass is 35.5. The first-order valence-electron chi connectivity index (χ1n) is 10.3. The van der Waals surface area contributed by atoms with Crippen molar-refractivity contribution in [2.75, 3.05) is 0 Å². The van der Waals surface area contributed by atoms with Gasteiger partial charge in [0.15, 0.2) is 0 Å². The van der Waals surface area contributed by atoms with Crippen molar-refractivity contribution in [3.05, 3.63) is 106 Å². The van der Waals surface area contributed by atoms with Gasteiger partial charge in [-0.2, -0.15) is 5.10 Å². The second-order valence-corrected chi connectivity index (χ2v) is 7.93. The molecule has 31 heavy (non-hydrogen) atoms. The van der Waals surface area contributed by atoms with Gasteiger partial charge in [-0.1, -0.05) is 73.1 Å². The monoisotopic (exact) mass is 429 g/mol. The molecular weight excluding hydrogens is 406 g/mol. The highest BCUT2D eigenvalue weighted by Crippen LogP contribution is 2.21. The van der Waals surface area contributed by atoms with Gasteiger partial charge in [-0.3, -0.25) is 4.79 Å². The first-order chi connectivity index (χ1) is 15.1. The fraction of sp³-hybridized carbons (Fsp3) is 0.154. The smallest absolute Gasteiger partial charge is 0.244 e. The van der Waals surface area contributed by atoms with E-state index >= 15 is 0 Å². The number of fused-ring (bicyclic) bond motifs is 1. The van der Waals surface area contributed by atoms with Crippen LogP contribution in [0.25, 0.3) is 10.9 Å². The molecule has 0 fully saturated rings. The van der Waals surface area contributed by atoms with E-state index in [9.17, 15) is 4.79 Å². The molecule has 156 valence electrons. The third-order valence-corrected chi connectivity index (χ3v) is 5.53. The van der Waals surface area contributed by atoms with E-state index in [1.165, 1.54) is 5.56 Å². The molecule has 0 saturated heterocycles. The highest BCUT2D eigenvalue weighted by Gasteiger charge is 2.08. The number of aryl methyl sites for hydroxylation is 1. The summed E-state index contributed by atoms with van der Waals surface area (Å²) < 4.78 is 2.18. The summed E-state index contributed by atoms with van der Waals surface area (Å²) in [6, 6.07) is 24.1. The van der Waals surface area contributed by atoms with Crippen LogP contribution in [0.4, 0.5) is 0 Å². The van der Waals surface area contributed by atoms with Crippen LogP contribution in [-0.2, 0) is 24.2 Å². The van der Waals surface area contributed by atoms with Gasteiger partial charge in [-0.15, -0.1) is 0 Å². The maximum atomic E-state index is 12.3. The lowest BCUT2D eigenvalue weighted by Crippen LogP contribution is -2.19. The van der Waals surface area contributed by atoms with Crippen molar-refractivity contribution >= 4 is 34.6 Å². The van der Waals surface area contributed by atoms with E-state index in [0.717, 1.165) is 45.6 Å². The lowest BCUT2D eigenvalue weighted by atomic mass is 10.1. The Hall–Kier alpha value is -3.37. The van der Waals surface area contributed by atoms with Crippen LogP contribution in [0.3, 0.4) is 0 Å². The summed E-state index contributed by atoms with van der Waals surface area (Å²) in [5.74, 6) is -0.134. The molecule has 0 saturated carbocycles. The molecule has 1 aromatic heterocycles. The first-order valence-corrected chi connectivity index (χ1v) is 10.7. The van der Waals surface area contributed by atoms with Crippen LogP contribution < -0.4 is 5.43 Å². The maximum Gasteiger partial charge on any atom is 0.244 e. The first kappa shape index (κ1) is 20.9. The Kier molecular flexibility index (Phi) is 6.48. The number of nitrogens with zero attached hydrogens (tertiary/aromatic N) is 2. The molecule has 1 amide bonds. The van der Waals surface area contributed by atoms with Crippen LogP contribution in [0.5, 0.6) is 0 Å². The van der Waals surface area contributed by atoms with Crippen molar-refractivity contribution in [2.24, 2.45) is 5.10 Å². The second-order valence-electron chi connectivity index (χ2n) is 7.50. The SMILES string of the molecule is CCc1ccc(CC(=O)N/N=C\c2cn(Cc3ccc(Cl)cc3)c3ccccc23)cc1. The fourth-order valence-corrected chi connectivity index (χ4v) is 3.71. The van der Waals surface area contributed by atoms with E-state index in [2.05, 4.69) is 52.5 Å². The molecule has 0 unspecified atom stereocenters. The van der Waals surface area contributed by atoms with Gasteiger partial charge >= 0.3 is 0 Å². The number of benzene rings is 3. The Morgan fingerprint density at radius 3 is 2.39 bits per heavy atom. The van der Waals surface area contributed by atoms with Crippen LogP contribution in [-0.4, -0.2) is 16.7 Å². The molecule has 0 bridgehead atoms. The number of hydrazone groups is 1. The van der Waals surface area contributed by atoms with Gasteiger partial charge in [0.2, 0.25) is 5.91 Å². The number of amides is 1. The van der Waals surface area contributed by atoms with Gasteiger partial charge in [-0.25, -0.2) is 5.43 Å². The van der Waals surface area contributed by atoms with E-state index in [1.54, 1.807) is 6.21 Å². The summed E-state index contributed by atoms with van der Waals surface area (Å²) in [6.45, 7) is 2.84. The molecule has 0 aliphatic rings. The van der Waals surface area contributed by atoms with Gasteiger partial charge < -0.3 is 4.57 Å². The zero-order chi connectivity index (χ0) is 21.6. The average molecular weight is 430 g/mol. The molecule has 4 nitrogen and oxygen atoms in total. The quantitative estimate of drug-likeness (QED) is 0.301. The third kappa shape index (κ3) is 5.22. The molecule has 0 spiro atoms. The second kappa shape index (κ2) is 9.63. The maximum absolute atomic E-state index is 12.3. The van der Waals surface area contributed by atoms with Crippen molar-refractivity contribution in [3.8, 4) is 0 Å². The zero-order valence-corrected chi connectivity index (χ0v) is 18.1. The van der Waals surface area contributed by atoms with Crippen molar-refractivity contribution in [2.45, 2.75) is 26.3 Å². The summed E-state index contributed by atoms with van der Waals surface area (Å²) in [7, 11) is 0. The third-order valence-electron chi connectivity index (χ3n) is 5.27. The minimum absolute atomic E-state index is 0.134. The number of halogens is 1. The zero-order valence-electron chi connectivity index (χ0n) is 17.4. The molecule has 5 heteroatoms. The largest absolute Gasteiger partial charge is 0.342 e. The van der Waals surface area contributed by atoms with E-state index in [-0.39, 0.29) is 5.91 Å². The minimum atomic E-state index is -0.134. The van der Waals surface area contributed by atoms with Gasteiger partial charge in [-0.05, 0) is 41.3 Å². The Morgan fingerprint density at radius 2 is 1.65 bits per heavy atom. The number of aromatic nitrogens is 1. The van der Waals surface area contributed by atoms with E-state index in [0.29, 0.717) is 6.42 Å². The van der Waals surface area contributed by atoms with Crippen LogP contribution >= 0.6 is 11.6 Å². The van der Waals surface area contributed by atoms with Gasteiger partial charge in [0.25, 0.3) is 0 Å². The Labute approximate surface area is 187 Å². The van der Waals surface area contributed by atoms with Gasteiger partial charge in [0.1, 0.15) is 0 Å². The topological polar surface area (TPSA) is 46.4 Å². The molecule has 4 rings (SSSR count). The summed E-state index contributed by atoms with van der Waals surface area (Å²) >= 11 is 6.00. The van der Waals surface area contributed by atoms with Crippen LogP contribution in [0, 0.1) is 0 Å². The van der Waals surface area contributed by atoms with E-state index < -0.39 is 0 Å².